The predicted molar refractivity (Wildman–Crippen MR) is 70.5 cm³/mol. The van der Waals surface area contributed by atoms with Crippen molar-refractivity contribution in [2.75, 3.05) is 0 Å². The second-order valence-electron chi connectivity index (χ2n) is 4.82. The van der Waals surface area contributed by atoms with Crippen LogP contribution in [-0.4, -0.2) is 20.8 Å². The van der Waals surface area contributed by atoms with E-state index >= 15 is 0 Å². The third-order valence-corrected chi connectivity index (χ3v) is 3.56. The van der Waals surface area contributed by atoms with E-state index in [9.17, 15) is 0 Å². The first-order valence-electron chi connectivity index (χ1n) is 6.61. The maximum atomic E-state index is 4.20. The molecule has 1 saturated carbocycles. The molecule has 1 N–H and O–H groups in total. The minimum Gasteiger partial charge on any atom is -0.307 e. The quantitative estimate of drug-likeness (QED) is 0.894. The molecule has 1 aliphatic rings. The summed E-state index contributed by atoms with van der Waals surface area (Å²) in [4.78, 5) is 0. The molecule has 4 heteroatoms. The molecule has 3 rings (SSSR count). The Morgan fingerprint density at radius 1 is 1.17 bits per heavy atom. The van der Waals surface area contributed by atoms with E-state index in [2.05, 4.69) is 27.6 Å². The topological polar surface area (TPSA) is 42.7 Å². The van der Waals surface area contributed by atoms with E-state index in [1.54, 1.807) is 6.33 Å². The summed E-state index contributed by atoms with van der Waals surface area (Å²) in [5.74, 6) is 0.980. The minimum atomic E-state index is 0.658. The Morgan fingerprint density at radius 2 is 1.94 bits per heavy atom. The molecule has 0 unspecified atom stereocenters. The van der Waals surface area contributed by atoms with Crippen molar-refractivity contribution in [2.45, 2.75) is 38.3 Å². The van der Waals surface area contributed by atoms with Crippen molar-refractivity contribution in [3.8, 4) is 5.69 Å². The van der Waals surface area contributed by atoms with Crippen molar-refractivity contribution in [3.05, 3.63) is 42.5 Å². The molecule has 2 aromatic rings. The van der Waals surface area contributed by atoms with E-state index in [0.717, 1.165) is 18.1 Å². The number of nitrogens with one attached hydrogen (secondary N) is 1. The van der Waals surface area contributed by atoms with Crippen LogP contribution in [0, 0.1) is 0 Å². The molecule has 1 fully saturated rings. The number of rotatable bonds is 4. The van der Waals surface area contributed by atoms with Gasteiger partial charge in [-0.3, -0.25) is 4.57 Å². The first-order valence-corrected chi connectivity index (χ1v) is 6.61. The van der Waals surface area contributed by atoms with Crippen LogP contribution in [0.15, 0.2) is 36.7 Å². The average molecular weight is 242 g/mol. The molecule has 1 aliphatic carbocycles. The van der Waals surface area contributed by atoms with E-state index in [4.69, 9.17) is 0 Å². The summed E-state index contributed by atoms with van der Waals surface area (Å²) in [6, 6.07) is 10.9. The molecule has 0 saturated heterocycles. The van der Waals surface area contributed by atoms with E-state index in [1.165, 1.54) is 25.7 Å². The van der Waals surface area contributed by atoms with Gasteiger partial charge in [0.15, 0.2) is 5.82 Å². The molecule has 94 valence electrons. The van der Waals surface area contributed by atoms with Crippen LogP contribution in [0.3, 0.4) is 0 Å². The van der Waals surface area contributed by atoms with Crippen molar-refractivity contribution >= 4 is 0 Å². The minimum absolute atomic E-state index is 0.658. The van der Waals surface area contributed by atoms with Gasteiger partial charge in [-0.2, -0.15) is 0 Å². The molecule has 1 aromatic carbocycles. The van der Waals surface area contributed by atoms with Crippen LogP contribution in [-0.2, 0) is 6.54 Å². The number of benzene rings is 1. The molecule has 0 aliphatic heterocycles. The summed E-state index contributed by atoms with van der Waals surface area (Å²) in [7, 11) is 0. The molecule has 0 atom stereocenters. The maximum absolute atomic E-state index is 4.20. The summed E-state index contributed by atoms with van der Waals surface area (Å²) in [5.41, 5.74) is 1.12. The van der Waals surface area contributed by atoms with Gasteiger partial charge in [0.2, 0.25) is 0 Å². The summed E-state index contributed by atoms with van der Waals surface area (Å²) in [5, 5.41) is 11.8. The number of nitrogens with zero attached hydrogens (tertiary/aromatic N) is 3. The van der Waals surface area contributed by atoms with E-state index in [1.807, 2.05) is 22.8 Å². The highest BCUT2D eigenvalue weighted by Gasteiger charge is 2.15. The van der Waals surface area contributed by atoms with Crippen LogP contribution in [0.4, 0.5) is 0 Å². The first-order chi connectivity index (χ1) is 8.93. The number of para-hydroxylation sites is 1. The second kappa shape index (κ2) is 5.31. The van der Waals surface area contributed by atoms with E-state index in [-0.39, 0.29) is 0 Å². The molecule has 0 radical (unpaired) electrons. The number of aromatic nitrogens is 3. The Hall–Kier alpha value is -1.68. The van der Waals surface area contributed by atoms with E-state index in [0.29, 0.717) is 6.04 Å². The molecule has 1 heterocycles. The summed E-state index contributed by atoms with van der Waals surface area (Å²) >= 11 is 0. The second-order valence-corrected chi connectivity index (χ2v) is 4.82. The Morgan fingerprint density at radius 3 is 2.72 bits per heavy atom. The fourth-order valence-corrected chi connectivity index (χ4v) is 2.55. The third-order valence-electron chi connectivity index (χ3n) is 3.56. The lowest BCUT2D eigenvalue weighted by molar-refractivity contribution is 0.510. The van der Waals surface area contributed by atoms with Crippen molar-refractivity contribution in [3.63, 3.8) is 0 Å². The number of hydrogen-bond donors (Lipinski definition) is 1. The van der Waals surface area contributed by atoms with Crippen molar-refractivity contribution < 1.29 is 0 Å². The van der Waals surface area contributed by atoms with Crippen LogP contribution in [0.1, 0.15) is 31.5 Å². The molecule has 18 heavy (non-hydrogen) atoms. The SMILES string of the molecule is c1ccc(-n2cnnc2CNC2CCCC2)cc1. The molecular formula is C14H18N4. The monoisotopic (exact) mass is 242 g/mol. The van der Waals surface area contributed by atoms with Crippen LogP contribution in [0.5, 0.6) is 0 Å². The highest BCUT2D eigenvalue weighted by atomic mass is 15.3. The van der Waals surface area contributed by atoms with Crippen LogP contribution < -0.4 is 5.32 Å². The fourth-order valence-electron chi connectivity index (χ4n) is 2.55. The van der Waals surface area contributed by atoms with Gasteiger partial charge in [0.1, 0.15) is 6.33 Å². The van der Waals surface area contributed by atoms with Gasteiger partial charge in [-0.05, 0) is 25.0 Å². The predicted octanol–water partition coefficient (Wildman–Crippen LogP) is 2.30. The highest BCUT2D eigenvalue weighted by molar-refractivity contribution is 5.31. The Balaban J connectivity index is 1.71. The summed E-state index contributed by atoms with van der Waals surface area (Å²) < 4.78 is 2.04. The summed E-state index contributed by atoms with van der Waals surface area (Å²) in [6.45, 7) is 0.791. The van der Waals surface area contributed by atoms with Crippen molar-refractivity contribution in [1.29, 1.82) is 0 Å². The van der Waals surface area contributed by atoms with Crippen LogP contribution >= 0.6 is 0 Å². The van der Waals surface area contributed by atoms with Crippen LogP contribution in [0.2, 0.25) is 0 Å². The molecule has 1 aromatic heterocycles. The largest absolute Gasteiger partial charge is 0.307 e. The zero-order valence-electron chi connectivity index (χ0n) is 10.4. The van der Waals surface area contributed by atoms with Crippen molar-refractivity contribution in [2.24, 2.45) is 0 Å². The van der Waals surface area contributed by atoms with Gasteiger partial charge in [0.05, 0.1) is 6.54 Å². The lowest BCUT2D eigenvalue weighted by Gasteiger charge is -2.12. The zero-order chi connectivity index (χ0) is 12.2. The Labute approximate surface area is 107 Å². The van der Waals surface area contributed by atoms with Gasteiger partial charge < -0.3 is 5.32 Å². The van der Waals surface area contributed by atoms with E-state index < -0.39 is 0 Å². The first kappa shape index (κ1) is 11.4. The standard InChI is InChI=1S/C14H18N4/c1-2-8-13(9-3-1)18-11-16-17-14(18)10-15-12-6-4-5-7-12/h1-3,8-9,11-12,15H,4-7,10H2. The van der Waals surface area contributed by atoms with Gasteiger partial charge in [-0.15, -0.1) is 10.2 Å². The molecule has 0 spiro atoms. The normalized spacial score (nSPS) is 16.2. The lowest BCUT2D eigenvalue weighted by Crippen LogP contribution is -2.26. The van der Waals surface area contributed by atoms with Gasteiger partial charge in [0, 0.05) is 11.7 Å². The summed E-state index contributed by atoms with van der Waals surface area (Å²) in [6.07, 6.45) is 7.06. The molecule has 0 bridgehead atoms. The van der Waals surface area contributed by atoms with Gasteiger partial charge in [0.25, 0.3) is 0 Å². The molecule has 4 nitrogen and oxygen atoms in total. The zero-order valence-corrected chi connectivity index (χ0v) is 10.4. The van der Waals surface area contributed by atoms with Gasteiger partial charge in [-0.25, -0.2) is 0 Å². The third kappa shape index (κ3) is 2.43. The van der Waals surface area contributed by atoms with Gasteiger partial charge in [-0.1, -0.05) is 31.0 Å². The maximum Gasteiger partial charge on any atom is 0.151 e. The van der Waals surface area contributed by atoms with Crippen LogP contribution in [0.25, 0.3) is 5.69 Å². The molecular weight excluding hydrogens is 224 g/mol. The smallest absolute Gasteiger partial charge is 0.151 e. The number of hydrogen-bond acceptors (Lipinski definition) is 3. The van der Waals surface area contributed by atoms with Crippen molar-refractivity contribution in [1.82, 2.24) is 20.1 Å². The fraction of sp³-hybridized carbons (Fsp3) is 0.429. The lowest BCUT2D eigenvalue weighted by atomic mass is 10.2. The molecule has 0 amide bonds. The Bertz CT molecular complexity index is 486. The van der Waals surface area contributed by atoms with Gasteiger partial charge >= 0.3 is 0 Å². The average Bonchev–Trinajstić information content (AvgIpc) is 3.09. The Kier molecular flexibility index (Phi) is 3.37. The highest BCUT2D eigenvalue weighted by Crippen LogP contribution is 2.18.